The van der Waals surface area contributed by atoms with Crippen LogP contribution in [0.3, 0.4) is 0 Å². The number of nitrogens with one attached hydrogen (secondary N) is 2. The molecule has 1 aliphatic carbocycles. The second-order valence-electron chi connectivity index (χ2n) is 4.28. The Bertz CT molecular complexity index is 318. The number of carbonyl (C=O) groups is 2. The fraction of sp³-hybridized carbons (Fsp3) is 0.667. The Morgan fingerprint density at radius 3 is 2.65 bits per heavy atom. The van der Waals surface area contributed by atoms with Crippen LogP contribution >= 0.6 is 0 Å². The predicted molar refractivity (Wildman–Crippen MR) is 63.4 cm³/mol. The zero-order valence-electron chi connectivity index (χ0n) is 9.74. The van der Waals surface area contributed by atoms with Crippen LogP contribution in [-0.2, 0) is 4.79 Å². The van der Waals surface area contributed by atoms with Crippen molar-refractivity contribution >= 4 is 12.0 Å². The third-order valence-corrected chi connectivity index (χ3v) is 2.99. The van der Waals surface area contributed by atoms with Gasteiger partial charge in [0.1, 0.15) is 6.04 Å². The largest absolute Gasteiger partial charge is 0.480 e. The van der Waals surface area contributed by atoms with E-state index in [9.17, 15) is 9.59 Å². The molecule has 0 aliphatic heterocycles. The van der Waals surface area contributed by atoms with E-state index in [0.29, 0.717) is 6.54 Å². The van der Waals surface area contributed by atoms with Gasteiger partial charge in [0.15, 0.2) is 0 Å². The Hall–Kier alpha value is -1.70. The van der Waals surface area contributed by atoms with Gasteiger partial charge in [-0.1, -0.05) is 19.3 Å². The molecule has 2 amide bonds. The van der Waals surface area contributed by atoms with Crippen molar-refractivity contribution in [2.75, 3.05) is 6.54 Å². The number of terminal acetylenes is 1. The van der Waals surface area contributed by atoms with Crippen LogP contribution in [0.2, 0.25) is 0 Å². The average Bonchev–Trinajstić information content (AvgIpc) is 2.21. The Morgan fingerprint density at radius 1 is 1.47 bits per heavy atom. The molecule has 0 aromatic rings. The highest BCUT2D eigenvalue weighted by molar-refractivity contribution is 5.82. The number of carboxylic acids is 1. The second-order valence-corrected chi connectivity index (χ2v) is 4.28. The van der Waals surface area contributed by atoms with Crippen LogP contribution < -0.4 is 10.6 Å². The molecule has 0 bridgehead atoms. The standard InChI is InChI=1S/C12H18N2O3/c1-2-4-10(11(15)16)14-12(17)13-8-7-9-5-3-6-9/h1,9-10H,3-8H2,(H,15,16)(H2,13,14,17). The summed E-state index contributed by atoms with van der Waals surface area (Å²) in [5.74, 6) is 1.83. The molecule has 94 valence electrons. The minimum Gasteiger partial charge on any atom is -0.480 e. The van der Waals surface area contributed by atoms with Gasteiger partial charge >= 0.3 is 12.0 Å². The smallest absolute Gasteiger partial charge is 0.327 e. The lowest BCUT2D eigenvalue weighted by Gasteiger charge is -2.25. The molecule has 0 aromatic heterocycles. The summed E-state index contributed by atoms with van der Waals surface area (Å²) < 4.78 is 0. The summed E-state index contributed by atoms with van der Waals surface area (Å²) in [6.07, 6.45) is 9.72. The number of rotatable bonds is 6. The molecule has 1 saturated carbocycles. The molecule has 17 heavy (non-hydrogen) atoms. The van der Waals surface area contributed by atoms with Crippen molar-refractivity contribution in [3.05, 3.63) is 0 Å². The number of aliphatic carboxylic acids is 1. The monoisotopic (exact) mass is 238 g/mol. The molecule has 1 atom stereocenters. The van der Waals surface area contributed by atoms with Crippen molar-refractivity contribution in [3.8, 4) is 12.3 Å². The maximum absolute atomic E-state index is 11.4. The van der Waals surface area contributed by atoms with Crippen molar-refractivity contribution in [2.24, 2.45) is 5.92 Å². The van der Waals surface area contributed by atoms with E-state index in [1.54, 1.807) is 0 Å². The first kappa shape index (κ1) is 13.4. The van der Waals surface area contributed by atoms with Crippen LogP contribution in [-0.4, -0.2) is 29.7 Å². The van der Waals surface area contributed by atoms with E-state index < -0.39 is 18.0 Å². The average molecular weight is 238 g/mol. The third kappa shape index (κ3) is 4.77. The van der Waals surface area contributed by atoms with E-state index in [2.05, 4.69) is 16.6 Å². The van der Waals surface area contributed by atoms with Gasteiger partial charge in [-0.2, -0.15) is 0 Å². The van der Waals surface area contributed by atoms with Crippen LogP contribution in [0.1, 0.15) is 32.1 Å². The van der Waals surface area contributed by atoms with Crippen LogP contribution in [0.5, 0.6) is 0 Å². The Balaban J connectivity index is 2.17. The number of urea groups is 1. The maximum Gasteiger partial charge on any atom is 0.327 e. The van der Waals surface area contributed by atoms with Crippen LogP contribution in [0.25, 0.3) is 0 Å². The predicted octanol–water partition coefficient (Wildman–Crippen LogP) is 0.952. The highest BCUT2D eigenvalue weighted by atomic mass is 16.4. The zero-order valence-corrected chi connectivity index (χ0v) is 9.74. The van der Waals surface area contributed by atoms with Crippen molar-refractivity contribution in [1.82, 2.24) is 10.6 Å². The molecule has 0 spiro atoms. The van der Waals surface area contributed by atoms with Gasteiger partial charge in [-0.05, 0) is 12.3 Å². The molecule has 5 nitrogen and oxygen atoms in total. The van der Waals surface area contributed by atoms with E-state index >= 15 is 0 Å². The summed E-state index contributed by atoms with van der Waals surface area (Å²) in [7, 11) is 0. The van der Waals surface area contributed by atoms with Gasteiger partial charge in [0.25, 0.3) is 0 Å². The zero-order chi connectivity index (χ0) is 12.7. The van der Waals surface area contributed by atoms with Gasteiger partial charge < -0.3 is 15.7 Å². The SMILES string of the molecule is C#CCC(NC(=O)NCCC1CCC1)C(=O)O. The second kappa shape index (κ2) is 6.79. The molecule has 0 saturated heterocycles. The first-order valence-corrected chi connectivity index (χ1v) is 5.84. The summed E-state index contributed by atoms with van der Waals surface area (Å²) in [5, 5.41) is 13.8. The van der Waals surface area contributed by atoms with Gasteiger partial charge in [-0.25, -0.2) is 9.59 Å². The molecule has 3 N–H and O–H groups in total. The van der Waals surface area contributed by atoms with Crippen molar-refractivity contribution in [1.29, 1.82) is 0 Å². The molecule has 1 fully saturated rings. The Labute approximate surface area is 101 Å². The highest BCUT2D eigenvalue weighted by Gasteiger charge is 2.19. The molecule has 1 rings (SSSR count). The topological polar surface area (TPSA) is 78.4 Å². The fourth-order valence-corrected chi connectivity index (χ4v) is 1.70. The summed E-state index contributed by atoms with van der Waals surface area (Å²) in [6, 6.07) is -1.48. The van der Waals surface area contributed by atoms with Crippen LogP contribution in [0.15, 0.2) is 0 Å². The molecule has 1 aliphatic rings. The minimum absolute atomic E-state index is 0.00855. The van der Waals surface area contributed by atoms with Crippen molar-refractivity contribution in [2.45, 2.75) is 38.1 Å². The minimum atomic E-state index is -1.11. The number of hydrogen-bond donors (Lipinski definition) is 3. The van der Waals surface area contributed by atoms with Gasteiger partial charge in [-0.15, -0.1) is 12.3 Å². The van der Waals surface area contributed by atoms with Crippen molar-refractivity contribution in [3.63, 3.8) is 0 Å². The quantitative estimate of drug-likeness (QED) is 0.603. The van der Waals surface area contributed by atoms with Gasteiger partial charge in [0, 0.05) is 13.0 Å². The lowest BCUT2D eigenvalue weighted by molar-refractivity contribution is -0.139. The molecular formula is C12H18N2O3. The number of hydrogen-bond acceptors (Lipinski definition) is 2. The number of carbonyl (C=O) groups excluding carboxylic acids is 1. The first-order chi connectivity index (χ1) is 8.13. The molecule has 0 heterocycles. The van der Waals surface area contributed by atoms with E-state index in [1.807, 2.05) is 0 Å². The van der Waals surface area contributed by atoms with Gasteiger partial charge in [0.05, 0.1) is 0 Å². The van der Waals surface area contributed by atoms with E-state index in [1.165, 1.54) is 19.3 Å². The molecule has 0 aromatic carbocycles. The molecule has 1 unspecified atom stereocenters. The summed E-state index contributed by atoms with van der Waals surface area (Å²) >= 11 is 0. The van der Waals surface area contributed by atoms with Gasteiger partial charge in [0.2, 0.25) is 0 Å². The molecule has 5 heteroatoms. The van der Waals surface area contributed by atoms with Crippen LogP contribution in [0.4, 0.5) is 4.79 Å². The van der Waals surface area contributed by atoms with E-state index in [4.69, 9.17) is 11.5 Å². The van der Waals surface area contributed by atoms with Gasteiger partial charge in [-0.3, -0.25) is 0 Å². The van der Waals surface area contributed by atoms with Crippen LogP contribution in [0, 0.1) is 18.3 Å². The summed E-state index contributed by atoms with van der Waals surface area (Å²) in [4.78, 5) is 22.1. The third-order valence-electron chi connectivity index (χ3n) is 2.99. The summed E-state index contributed by atoms with van der Waals surface area (Å²) in [6.45, 7) is 0.582. The van der Waals surface area contributed by atoms with E-state index in [-0.39, 0.29) is 6.42 Å². The Kier molecular flexibility index (Phi) is 5.34. The fourth-order valence-electron chi connectivity index (χ4n) is 1.70. The van der Waals surface area contributed by atoms with Crippen molar-refractivity contribution < 1.29 is 14.7 Å². The first-order valence-electron chi connectivity index (χ1n) is 5.84. The Morgan fingerprint density at radius 2 is 2.18 bits per heavy atom. The van der Waals surface area contributed by atoms with E-state index in [0.717, 1.165) is 12.3 Å². The summed E-state index contributed by atoms with van der Waals surface area (Å²) in [5.41, 5.74) is 0. The maximum atomic E-state index is 11.4. The normalized spacial score (nSPS) is 16.4. The molecular weight excluding hydrogens is 220 g/mol. The number of carboxylic acid groups (broad SMARTS) is 1. The highest BCUT2D eigenvalue weighted by Crippen LogP contribution is 2.28. The number of amides is 2. The molecule has 0 radical (unpaired) electrons. The lowest BCUT2D eigenvalue weighted by atomic mass is 9.83. The lowest BCUT2D eigenvalue weighted by Crippen LogP contribution is -2.46.